The molecule has 2 N–H and O–H groups in total. The zero-order valence-electron chi connectivity index (χ0n) is 14.1. The van der Waals surface area contributed by atoms with E-state index in [0.717, 1.165) is 32.7 Å². The number of carbonyl (C=O) groups excluding carboxylic acids is 1. The molecule has 2 aliphatic rings. The van der Waals surface area contributed by atoms with E-state index in [9.17, 15) is 13.2 Å². The van der Waals surface area contributed by atoms with Crippen molar-refractivity contribution in [3.05, 3.63) is 0 Å². The Bertz CT molecular complexity index is 505. The number of carbonyl (C=O) groups is 1. The molecule has 23 heavy (non-hydrogen) atoms. The number of rotatable bonds is 6. The maximum atomic E-state index is 12.0. The number of ether oxygens (including phenoxy) is 1. The fourth-order valence-corrected chi connectivity index (χ4v) is 5.03. The highest BCUT2D eigenvalue weighted by molar-refractivity contribution is 7.91. The van der Waals surface area contributed by atoms with E-state index in [1.807, 2.05) is 0 Å². The van der Waals surface area contributed by atoms with Crippen LogP contribution >= 0.6 is 0 Å². The Labute approximate surface area is 139 Å². The summed E-state index contributed by atoms with van der Waals surface area (Å²) in [6.45, 7) is 8.50. The first kappa shape index (κ1) is 18.5. The van der Waals surface area contributed by atoms with E-state index < -0.39 is 9.84 Å². The first-order valence-electron chi connectivity index (χ1n) is 8.39. The van der Waals surface area contributed by atoms with Crippen molar-refractivity contribution in [3.63, 3.8) is 0 Å². The standard InChI is InChI=1S/C15H29N3O4S/c1-3-15(2,18-5-7-22-8-6-18)12-17-14(19)16-10-13-4-9-23(20,21)11-13/h13H,3-12H2,1-2H3,(H2,16,17,19)/t13-,15-/m1/s1. The van der Waals surface area contributed by atoms with E-state index in [1.165, 1.54) is 0 Å². The van der Waals surface area contributed by atoms with Gasteiger partial charge in [-0.1, -0.05) is 6.92 Å². The molecule has 2 aliphatic heterocycles. The first-order chi connectivity index (χ1) is 10.8. The summed E-state index contributed by atoms with van der Waals surface area (Å²) < 4.78 is 28.2. The van der Waals surface area contributed by atoms with Gasteiger partial charge in [-0.15, -0.1) is 0 Å². The zero-order chi connectivity index (χ0) is 16.9. The lowest BCUT2D eigenvalue weighted by Gasteiger charge is -2.43. The molecule has 0 bridgehead atoms. The zero-order valence-corrected chi connectivity index (χ0v) is 15.0. The lowest BCUT2D eigenvalue weighted by molar-refractivity contribution is -0.0165. The van der Waals surface area contributed by atoms with Gasteiger partial charge in [-0.2, -0.15) is 0 Å². The van der Waals surface area contributed by atoms with Crippen LogP contribution < -0.4 is 10.6 Å². The van der Waals surface area contributed by atoms with Crippen LogP contribution in [0.2, 0.25) is 0 Å². The summed E-state index contributed by atoms with van der Waals surface area (Å²) in [4.78, 5) is 14.4. The van der Waals surface area contributed by atoms with Crippen LogP contribution in [0, 0.1) is 5.92 Å². The molecule has 0 aromatic carbocycles. The van der Waals surface area contributed by atoms with Crippen LogP contribution in [0.5, 0.6) is 0 Å². The minimum absolute atomic E-state index is 0.0440. The molecular formula is C15H29N3O4S. The Morgan fingerprint density at radius 3 is 2.57 bits per heavy atom. The molecule has 0 unspecified atom stereocenters. The molecule has 2 atom stereocenters. The number of nitrogens with one attached hydrogen (secondary N) is 2. The first-order valence-corrected chi connectivity index (χ1v) is 10.2. The highest BCUT2D eigenvalue weighted by atomic mass is 32.2. The summed E-state index contributed by atoms with van der Waals surface area (Å²) in [6.07, 6.45) is 1.58. The molecule has 0 aliphatic carbocycles. The van der Waals surface area contributed by atoms with E-state index in [2.05, 4.69) is 29.4 Å². The van der Waals surface area contributed by atoms with Gasteiger partial charge in [0.25, 0.3) is 0 Å². The number of nitrogens with zero attached hydrogens (tertiary/aromatic N) is 1. The lowest BCUT2D eigenvalue weighted by atomic mass is 9.95. The van der Waals surface area contributed by atoms with Crippen LogP contribution in [-0.4, -0.2) is 75.8 Å². The molecule has 0 radical (unpaired) electrons. The number of hydrogen-bond donors (Lipinski definition) is 2. The number of amides is 2. The maximum absolute atomic E-state index is 12.0. The molecule has 0 spiro atoms. The second-order valence-corrected chi connectivity index (χ2v) is 9.01. The van der Waals surface area contributed by atoms with Gasteiger partial charge in [0.1, 0.15) is 0 Å². The maximum Gasteiger partial charge on any atom is 0.314 e. The molecule has 2 amide bonds. The summed E-state index contributed by atoms with van der Waals surface area (Å²) in [5.41, 5.74) is -0.0855. The Hall–Kier alpha value is -0.860. The molecule has 2 saturated heterocycles. The van der Waals surface area contributed by atoms with E-state index >= 15 is 0 Å². The Balaban J connectivity index is 1.74. The van der Waals surface area contributed by atoms with Gasteiger partial charge in [0.05, 0.1) is 24.7 Å². The Morgan fingerprint density at radius 2 is 2.00 bits per heavy atom. The summed E-state index contributed by atoms with van der Waals surface area (Å²) in [5, 5.41) is 5.74. The van der Waals surface area contributed by atoms with Crippen LogP contribution in [0.1, 0.15) is 26.7 Å². The summed E-state index contributed by atoms with van der Waals surface area (Å²) in [6, 6.07) is -0.220. The van der Waals surface area contributed by atoms with Gasteiger partial charge >= 0.3 is 6.03 Å². The second kappa shape index (κ2) is 7.81. The van der Waals surface area contributed by atoms with Crippen molar-refractivity contribution in [2.45, 2.75) is 32.2 Å². The molecule has 0 aromatic rings. The van der Waals surface area contributed by atoms with E-state index in [1.54, 1.807) is 0 Å². The SMILES string of the molecule is CC[C@](C)(CNC(=O)NC[C@H]1CCS(=O)(=O)C1)N1CCOCC1. The van der Waals surface area contributed by atoms with Crippen molar-refractivity contribution in [1.29, 1.82) is 0 Å². The predicted molar refractivity (Wildman–Crippen MR) is 89.3 cm³/mol. The average Bonchev–Trinajstić information content (AvgIpc) is 2.90. The van der Waals surface area contributed by atoms with Crippen molar-refractivity contribution < 1.29 is 17.9 Å². The fraction of sp³-hybridized carbons (Fsp3) is 0.933. The van der Waals surface area contributed by atoms with Gasteiger partial charge in [0.15, 0.2) is 9.84 Å². The third-order valence-corrected chi connectivity index (χ3v) is 6.88. The van der Waals surface area contributed by atoms with Crippen LogP contribution in [-0.2, 0) is 14.6 Å². The highest BCUT2D eigenvalue weighted by Gasteiger charge is 2.32. The second-order valence-electron chi connectivity index (χ2n) is 6.78. The van der Waals surface area contributed by atoms with Crippen molar-refractivity contribution in [3.8, 4) is 0 Å². The van der Waals surface area contributed by atoms with E-state index in [-0.39, 0.29) is 29.0 Å². The quantitative estimate of drug-likeness (QED) is 0.718. The Kier molecular flexibility index (Phi) is 6.27. The fourth-order valence-electron chi connectivity index (χ4n) is 3.17. The third-order valence-electron chi connectivity index (χ3n) is 5.04. The van der Waals surface area contributed by atoms with Crippen molar-refractivity contribution in [2.75, 3.05) is 50.9 Å². The van der Waals surface area contributed by atoms with Crippen molar-refractivity contribution in [1.82, 2.24) is 15.5 Å². The lowest BCUT2D eigenvalue weighted by Crippen LogP contribution is -2.57. The topological polar surface area (TPSA) is 87.7 Å². The molecule has 2 rings (SSSR count). The molecule has 134 valence electrons. The average molecular weight is 347 g/mol. The van der Waals surface area contributed by atoms with Gasteiger partial charge in [-0.3, -0.25) is 4.90 Å². The van der Waals surface area contributed by atoms with Crippen LogP contribution in [0.4, 0.5) is 4.79 Å². The van der Waals surface area contributed by atoms with Gasteiger partial charge in [0.2, 0.25) is 0 Å². The summed E-state index contributed by atoms with van der Waals surface area (Å²) >= 11 is 0. The van der Waals surface area contributed by atoms with Crippen LogP contribution in [0.3, 0.4) is 0 Å². The molecule has 0 aromatic heterocycles. The van der Waals surface area contributed by atoms with Gasteiger partial charge in [0, 0.05) is 31.7 Å². The number of hydrogen-bond acceptors (Lipinski definition) is 5. The van der Waals surface area contributed by atoms with Gasteiger partial charge in [-0.05, 0) is 25.7 Å². The predicted octanol–water partition coefficient (Wildman–Crippen LogP) is 0.221. The molecule has 2 heterocycles. The minimum atomic E-state index is -2.89. The van der Waals surface area contributed by atoms with Gasteiger partial charge in [-0.25, -0.2) is 13.2 Å². The number of sulfone groups is 1. The monoisotopic (exact) mass is 347 g/mol. The molecular weight excluding hydrogens is 318 g/mol. The molecule has 0 saturated carbocycles. The molecule has 8 heteroatoms. The van der Waals surface area contributed by atoms with Gasteiger partial charge < -0.3 is 15.4 Å². The van der Waals surface area contributed by atoms with Crippen LogP contribution in [0.25, 0.3) is 0 Å². The van der Waals surface area contributed by atoms with E-state index in [0.29, 0.717) is 19.5 Å². The van der Waals surface area contributed by atoms with E-state index in [4.69, 9.17) is 4.74 Å². The third kappa shape index (κ3) is 5.32. The Morgan fingerprint density at radius 1 is 1.30 bits per heavy atom. The number of urea groups is 1. The van der Waals surface area contributed by atoms with Crippen molar-refractivity contribution in [2.24, 2.45) is 5.92 Å². The largest absolute Gasteiger partial charge is 0.379 e. The molecule has 7 nitrogen and oxygen atoms in total. The smallest absolute Gasteiger partial charge is 0.314 e. The van der Waals surface area contributed by atoms with Crippen molar-refractivity contribution >= 4 is 15.9 Å². The highest BCUT2D eigenvalue weighted by Crippen LogP contribution is 2.20. The minimum Gasteiger partial charge on any atom is -0.379 e. The number of morpholine rings is 1. The molecule has 2 fully saturated rings. The van der Waals surface area contributed by atoms with Crippen LogP contribution in [0.15, 0.2) is 0 Å². The summed E-state index contributed by atoms with van der Waals surface area (Å²) in [5.74, 6) is 0.474. The normalized spacial score (nSPS) is 27.3. The summed E-state index contributed by atoms with van der Waals surface area (Å²) in [7, 11) is -2.89.